The van der Waals surface area contributed by atoms with E-state index in [1.807, 2.05) is 18.7 Å². The summed E-state index contributed by atoms with van der Waals surface area (Å²) in [5.74, 6) is -0.343. The molecule has 0 bridgehead atoms. The Morgan fingerprint density at radius 3 is 2.44 bits per heavy atom. The Labute approximate surface area is 109 Å². The number of methoxy groups -OCH3 is 1. The van der Waals surface area contributed by atoms with Crippen molar-refractivity contribution in [2.45, 2.75) is 20.0 Å². The molecule has 0 spiro atoms. The average molecular weight is 263 g/mol. The number of aliphatic hydroxyl groups is 1. The van der Waals surface area contributed by atoms with Crippen LogP contribution in [-0.4, -0.2) is 75.3 Å². The molecular weight excluding hydrogens is 238 g/mol. The second-order valence-electron chi connectivity index (χ2n) is 4.13. The molecule has 0 aliphatic carbocycles. The van der Waals surface area contributed by atoms with Crippen molar-refractivity contribution in [3.63, 3.8) is 0 Å². The van der Waals surface area contributed by atoms with Crippen LogP contribution in [-0.2, 0) is 19.0 Å². The fraction of sp³-hybridized carbons (Fsp3) is 0.917. The van der Waals surface area contributed by atoms with E-state index in [0.29, 0.717) is 26.3 Å². The van der Waals surface area contributed by atoms with Crippen molar-refractivity contribution >= 4 is 5.97 Å². The lowest BCUT2D eigenvalue weighted by Gasteiger charge is -2.21. The summed E-state index contributed by atoms with van der Waals surface area (Å²) in [6.07, 6.45) is 0.176. The maximum absolute atomic E-state index is 11.4. The van der Waals surface area contributed by atoms with Gasteiger partial charge in [0.2, 0.25) is 0 Å². The Morgan fingerprint density at radius 1 is 1.22 bits per heavy atom. The molecule has 0 heterocycles. The molecule has 0 aromatic carbocycles. The van der Waals surface area contributed by atoms with Gasteiger partial charge in [-0.1, -0.05) is 0 Å². The quantitative estimate of drug-likeness (QED) is 0.525. The van der Waals surface area contributed by atoms with Gasteiger partial charge in [-0.25, -0.2) is 0 Å². The molecule has 0 atom stereocenters. The van der Waals surface area contributed by atoms with E-state index in [0.717, 1.165) is 0 Å². The summed E-state index contributed by atoms with van der Waals surface area (Å²) in [5.41, 5.74) is 0. The second kappa shape index (κ2) is 11.4. The van der Waals surface area contributed by atoms with Crippen LogP contribution in [0, 0.1) is 0 Å². The van der Waals surface area contributed by atoms with Crippen molar-refractivity contribution in [3.05, 3.63) is 0 Å². The number of nitrogens with zero attached hydrogens (tertiary/aromatic N) is 1. The molecule has 0 aliphatic rings. The predicted octanol–water partition coefficient (Wildman–Crippen LogP) is -0.105. The number of rotatable bonds is 11. The van der Waals surface area contributed by atoms with Gasteiger partial charge in [0.25, 0.3) is 0 Å². The van der Waals surface area contributed by atoms with Gasteiger partial charge in [0.15, 0.2) is 0 Å². The minimum absolute atomic E-state index is 0.0411. The van der Waals surface area contributed by atoms with Crippen LogP contribution < -0.4 is 0 Å². The average Bonchev–Trinajstić information content (AvgIpc) is 2.32. The van der Waals surface area contributed by atoms with Crippen LogP contribution in [0.4, 0.5) is 0 Å². The number of hydrogen-bond acceptors (Lipinski definition) is 6. The van der Waals surface area contributed by atoms with Crippen molar-refractivity contribution < 1.29 is 24.1 Å². The van der Waals surface area contributed by atoms with Gasteiger partial charge < -0.3 is 19.3 Å². The molecule has 0 unspecified atom stereocenters. The third-order valence-corrected chi connectivity index (χ3v) is 2.18. The van der Waals surface area contributed by atoms with Crippen LogP contribution >= 0.6 is 0 Å². The van der Waals surface area contributed by atoms with Crippen molar-refractivity contribution in [3.8, 4) is 0 Å². The minimum atomic E-state index is -0.343. The van der Waals surface area contributed by atoms with E-state index in [9.17, 15) is 4.79 Å². The summed E-state index contributed by atoms with van der Waals surface area (Å²) in [7, 11) is 1.62. The maximum Gasteiger partial charge on any atom is 0.320 e. The summed E-state index contributed by atoms with van der Waals surface area (Å²) < 4.78 is 15.2. The minimum Gasteiger partial charge on any atom is -0.462 e. The molecule has 0 rings (SSSR count). The molecule has 0 aromatic heterocycles. The van der Waals surface area contributed by atoms with Gasteiger partial charge in [0, 0.05) is 20.2 Å². The smallest absolute Gasteiger partial charge is 0.320 e. The molecule has 108 valence electrons. The number of hydrogen-bond donors (Lipinski definition) is 1. The molecule has 18 heavy (non-hydrogen) atoms. The van der Waals surface area contributed by atoms with Gasteiger partial charge >= 0.3 is 5.97 Å². The van der Waals surface area contributed by atoms with Crippen molar-refractivity contribution in [1.29, 1.82) is 0 Å². The molecule has 0 radical (unpaired) electrons. The van der Waals surface area contributed by atoms with Crippen LogP contribution in [0.3, 0.4) is 0 Å². The first-order valence-electron chi connectivity index (χ1n) is 6.19. The van der Waals surface area contributed by atoms with Gasteiger partial charge in [0.1, 0.15) is 6.61 Å². The largest absolute Gasteiger partial charge is 0.462 e. The highest BCUT2D eigenvalue weighted by molar-refractivity contribution is 5.71. The number of carbonyl (C=O) groups is 1. The Hall–Kier alpha value is -0.690. The van der Waals surface area contributed by atoms with Crippen LogP contribution in [0.2, 0.25) is 0 Å². The first-order valence-corrected chi connectivity index (χ1v) is 6.19. The zero-order chi connectivity index (χ0) is 13.8. The lowest BCUT2D eigenvalue weighted by Crippen LogP contribution is -2.36. The van der Waals surface area contributed by atoms with Crippen LogP contribution in [0.1, 0.15) is 13.8 Å². The summed E-state index contributed by atoms with van der Waals surface area (Å²) in [6, 6.07) is 0. The van der Waals surface area contributed by atoms with E-state index in [4.69, 9.17) is 19.3 Å². The van der Waals surface area contributed by atoms with Crippen molar-refractivity contribution in [2.75, 3.05) is 53.2 Å². The van der Waals surface area contributed by atoms with E-state index >= 15 is 0 Å². The van der Waals surface area contributed by atoms with E-state index in [-0.39, 0.29) is 31.8 Å². The molecule has 0 fully saturated rings. The molecule has 0 amide bonds. The Balaban J connectivity index is 3.92. The van der Waals surface area contributed by atoms with E-state index in [2.05, 4.69) is 0 Å². The zero-order valence-corrected chi connectivity index (χ0v) is 11.6. The molecule has 0 saturated heterocycles. The Bertz CT molecular complexity index is 211. The third kappa shape index (κ3) is 10.5. The topological polar surface area (TPSA) is 68.2 Å². The van der Waals surface area contributed by atoms with Crippen LogP contribution in [0.5, 0.6) is 0 Å². The van der Waals surface area contributed by atoms with Gasteiger partial charge in [-0.05, 0) is 13.8 Å². The van der Waals surface area contributed by atoms with E-state index < -0.39 is 0 Å². The summed E-state index contributed by atoms with van der Waals surface area (Å²) in [6.45, 7) is 6.42. The normalized spacial score (nSPS) is 11.2. The van der Waals surface area contributed by atoms with Gasteiger partial charge in [0.05, 0.1) is 32.5 Å². The van der Waals surface area contributed by atoms with Gasteiger partial charge in [-0.3, -0.25) is 9.69 Å². The fourth-order valence-electron chi connectivity index (χ4n) is 1.30. The van der Waals surface area contributed by atoms with E-state index in [1.54, 1.807) is 7.11 Å². The predicted molar refractivity (Wildman–Crippen MR) is 67.4 cm³/mol. The highest BCUT2D eigenvalue weighted by Gasteiger charge is 2.11. The molecule has 0 aliphatic heterocycles. The highest BCUT2D eigenvalue weighted by atomic mass is 16.5. The Morgan fingerprint density at radius 2 is 1.89 bits per heavy atom. The zero-order valence-electron chi connectivity index (χ0n) is 11.6. The van der Waals surface area contributed by atoms with Crippen molar-refractivity contribution in [1.82, 2.24) is 4.90 Å². The second-order valence-corrected chi connectivity index (χ2v) is 4.13. The fourth-order valence-corrected chi connectivity index (χ4v) is 1.30. The first kappa shape index (κ1) is 17.3. The highest BCUT2D eigenvalue weighted by Crippen LogP contribution is 1.94. The summed E-state index contributed by atoms with van der Waals surface area (Å²) in [5, 5.41) is 8.56. The number of carbonyl (C=O) groups excluding carboxylic acids is 1. The molecule has 6 nitrogen and oxygen atoms in total. The number of ether oxygens (including phenoxy) is 3. The van der Waals surface area contributed by atoms with Crippen LogP contribution in [0.25, 0.3) is 0 Å². The molecule has 1 N–H and O–H groups in total. The standard InChI is InChI=1S/C12H25NO5/c1-11(2)17-8-5-13(4-7-16-3)10-12(15)18-9-6-14/h11,14H,4-10H2,1-3H3. The van der Waals surface area contributed by atoms with E-state index in [1.165, 1.54) is 0 Å². The van der Waals surface area contributed by atoms with Gasteiger partial charge in [-0.2, -0.15) is 0 Å². The summed E-state index contributed by atoms with van der Waals surface area (Å²) in [4.78, 5) is 13.3. The molecule has 0 aromatic rings. The number of aliphatic hydroxyl groups excluding tert-OH is 1. The molecule has 0 saturated carbocycles. The van der Waals surface area contributed by atoms with Crippen molar-refractivity contribution in [2.24, 2.45) is 0 Å². The first-order chi connectivity index (χ1) is 8.60. The lowest BCUT2D eigenvalue weighted by molar-refractivity contribution is -0.146. The third-order valence-electron chi connectivity index (χ3n) is 2.18. The maximum atomic E-state index is 11.4. The summed E-state index contributed by atoms with van der Waals surface area (Å²) >= 11 is 0. The SMILES string of the molecule is COCCN(CCOC(C)C)CC(=O)OCCO. The Kier molecular flexibility index (Phi) is 11.0. The molecular formula is C12H25NO5. The van der Waals surface area contributed by atoms with Crippen LogP contribution in [0.15, 0.2) is 0 Å². The van der Waals surface area contributed by atoms with Gasteiger partial charge in [-0.15, -0.1) is 0 Å². The lowest BCUT2D eigenvalue weighted by atomic mass is 10.4. The molecule has 6 heteroatoms. The number of esters is 1. The monoisotopic (exact) mass is 263 g/mol.